The molecule has 1 aromatic heterocycles. The van der Waals surface area contributed by atoms with Crippen LogP contribution >= 0.6 is 24.0 Å². The summed E-state index contributed by atoms with van der Waals surface area (Å²) in [5.74, 6) is 2.64. The highest BCUT2D eigenvalue weighted by Gasteiger charge is 2.20. The number of pyridine rings is 1. The summed E-state index contributed by atoms with van der Waals surface area (Å²) in [5, 5.41) is 6.97. The van der Waals surface area contributed by atoms with E-state index in [1.807, 2.05) is 25.4 Å². The van der Waals surface area contributed by atoms with Crippen LogP contribution in [-0.2, 0) is 9.47 Å². The van der Waals surface area contributed by atoms with Crippen LogP contribution in [-0.4, -0.2) is 70.1 Å². The smallest absolute Gasteiger partial charge is 0.191 e. The van der Waals surface area contributed by atoms with Gasteiger partial charge in [-0.05, 0) is 50.2 Å². The third kappa shape index (κ3) is 8.64. The number of ether oxygens (including phenoxy) is 2. The molecule has 2 saturated heterocycles. The van der Waals surface area contributed by atoms with Gasteiger partial charge >= 0.3 is 0 Å². The molecule has 0 radical (unpaired) electrons. The van der Waals surface area contributed by atoms with Crippen LogP contribution in [0.15, 0.2) is 29.4 Å². The predicted octanol–water partition coefficient (Wildman–Crippen LogP) is 2.67. The maximum absolute atomic E-state index is 5.83. The quantitative estimate of drug-likeness (QED) is 0.239. The fraction of sp³-hybridized carbons (Fsp3) is 0.714. The number of aliphatic imine (C=N–C) groups is 1. The Hall–Kier alpha value is -1.13. The highest BCUT2D eigenvalue weighted by Crippen LogP contribution is 2.17. The van der Waals surface area contributed by atoms with Crippen molar-refractivity contribution < 1.29 is 9.47 Å². The van der Waals surface area contributed by atoms with E-state index in [1.54, 1.807) is 0 Å². The number of rotatable bonds is 8. The molecule has 0 atom stereocenters. The first-order valence-corrected chi connectivity index (χ1v) is 10.6. The molecule has 2 fully saturated rings. The summed E-state index contributed by atoms with van der Waals surface area (Å²) in [7, 11) is 1.83. The molecule has 1 aromatic rings. The molecule has 2 aliphatic rings. The second-order valence-corrected chi connectivity index (χ2v) is 7.58. The normalized spacial score (nSPS) is 18.9. The van der Waals surface area contributed by atoms with Crippen LogP contribution in [0.25, 0.3) is 0 Å². The predicted molar refractivity (Wildman–Crippen MR) is 128 cm³/mol. The maximum Gasteiger partial charge on any atom is 0.191 e. The standard InChI is InChI=1S/C21H35N5O2.HI/c1-22-21(24-11-4-14-28-17-18-8-15-27-16-9-18)25-19-6-12-26(13-7-19)20-5-2-3-10-23-20;/h2-3,5,10,18-19H,4,6-9,11-17H2,1H3,(H2,22,24,25);1H. The van der Waals surface area contributed by atoms with Gasteiger partial charge in [0, 0.05) is 65.3 Å². The fourth-order valence-corrected chi connectivity index (χ4v) is 3.73. The van der Waals surface area contributed by atoms with Gasteiger partial charge in [-0.2, -0.15) is 0 Å². The fourth-order valence-electron chi connectivity index (χ4n) is 3.73. The number of hydrogen-bond donors (Lipinski definition) is 2. The zero-order chi connectivity index (χ0) is 19.4. The van der Waals surface area contributed by atoms with Crippen molar-refractivity contribution in [2.45, 2.75) is 38.1 Å². The van der Waals surface area contributed by atoms with Crippen molar-refractivity contribution in [2.75, 3.05) is 58.0 Å². The minimum Gasteiger partial charge on any atom is -0.381 e. The highest BCUT2D eigenvalue weighted by atomic mass is 127. The Labute approximate surface area is 192 Å². The van der Waals surface area contributed by atoms with Crippen LogP contribution < -0.4 is 15.5 Å². The summed E-state index contributed by atoms with van der Waals surface area (Å²) in [6.45, 7) is 6.35. The lowest BCUT2D eigenvalue weighted by Crippen LogP contribution is -2.49. The lowest BCUT2D eigenvalue weighted by Gasteiger charge is -2.33. The Morgan fingerprint density at radius 2 is 2.03 bits per heavy atom. The van der Waals surface area contributed by atoms with Crippen molar-refractivity contribution in [1.82, 2.24) is 15.6 Å². The minimum atomic E-state index is 0. The number of piperidine rings is 1. The Bertz CT molecular complexity index is 576. The van der Waals surface area contributed by atoms with Gasteiger partial charge in [-0.25, -0.2) is 4.98 Å². The second kappa shape index (κ2) is 14.0. The number of guanidine groups is 1. The second-order valence-electron chi connectivity index (χ2n) is 7.58. The molecule has 0 amide bonds. The van der Waals surface area contributed by atoms with Gasteiger partial charge < -0.3 is 25.0 Å². The molecule has 0 saturated carbocycles. The van der Waals surface area contributed by atoms with Gasteiger partial charge in [-0.1, -0.05) is 6.07 Å². The first-order valence-electron chi connectivity index (χ1n) is 10.6. The molecule has 0 unspecified atom stereocenters. The molecule has 0 aromatic carbocycles. The summed E-state index contributed by atoms with van der Waals surface area (Å²) >= 11 is 0. The third-order valence-electron chi connectivity index (χ3n) is 5.49. The monoisotopic (exact) mass is 517 g/mol. The number of nitrogens with one attached hydrogen (secondary N) is 2. The van der Waals surface area contributed by atoms with Gasteiger partial charge in [0.1, 0.15) is 5.82 Å². The SMILES string of the molecule is CN=C(NCCCOCC1CCOCC1)NC1CCN(c2ccccn2)CC1.I. The van der Waals surface area contributed by atoms with Crippen molar-refractivity contribution in [1.29, 1.82) is 0 Å². The van der Waals surface area contributed by atoms with Crippen molar-refractivity contribution in [2.24, 2.45) is 10.9 Å². The molecule has 3 rings (SSSR count). The van der Waals surface area contributed by atoms with Crippen LogP contribution in [0.1, 0.15) is 32.1 Å². The van der Waals surface area contributed by atoms with Crippen LogP contribution in [0.4, 0.5) is 5.82 Å². The van der Waals surface area contributed by atoms with Crippen LogP contribution in [0.5, 0.6) is 0 Å². The van der Waals surface area contributed by atoms with E-state index in [4.69, 9.17) is 9.47 Å². The molecule has 164 valence electrons. The molecule has 8 heteroatoms. The molecular formula is C21H36IN5O2. The first kappa shape index (κ1) is 24.1. The molecule has 29 heavy (non-hydrogen) atoms. The van der Waals surface area contributed by atoms with E-state index in [0.717, 1.165) is 89.9 Å². The van der Waals surface area contributed by atoms with E-state index in [2.05, 4.69) is 31.6 Å². The van der Waals surface area contributed by atoms with E-state index in [-0.39, 0.29) is 24.0 Å². The van der Waals surface area contributed by atoms with E-state index in [1.165, 1.54) is 0 Å². The minimum absolute atomic E-state index is 0. The summed E-state index contributed by atoms with van der Waals surface area (Å²) < 4.78 is 11.2. The molecule has 3 heterocycles. The van der Waals surface area contributed by atoms with Gasteiger partial charge in [-0.15, -0.1) is 24.0 Å². The lowest BCUT2D eigenvalue weighted by atomic mass is 10.0. The van der Waals surface area contributed by atoms with Crippen LogP contribution in [0.3, 0.4) is 0 Å². The van der Waals surface area contributed by atoms with Gasteiger partial charge in [0.25, 0.3) is 0 Å². The summed E-state index contributed by atoms with van der Waals surface area (Å²) in [6.07, 6.45) is 7.29. The van der Waals surface area contributed by atoms with Crippen LogP contribution in [0.2, 0.25) is 0 Å². The number of nitrogens with zero attached hydrogens (tertiary/aromatic N) is 3. The summed E-state index contributed by atoms with van der Waals surface area (Å²) in [5.41, 5.74) is 0. The largest absolute Gasteiger partial charge is 0.381 e. The van der Waals surface area contributed by atoms with Gasteiger partial charge in [0.05, 0.1) is 0 Å². The average molecular weight is 517 g/mol. The van der Waals surface area contributed by atoms with Gasteiger partial charge in [0.15, 0.2) is 5.96 Å². The Balaban J connectivity index is 0.00000300. The third-order valence-corrected chi connectivity index (χ3v) is 5.49. The topological polar surface area (TPSA) is 71.0 Å². The number of anilines is 1. The average Bonchev–Trinajstić information content (AvgIpc) is 2.77. The molecule has 7 nitrogen and oxygen atoms in total. The molecule has 2 aliphatic heterocycles. The zero-order valence-electron chi connectivity index (χ0n) is 17.5. The summed E-state index contributed by atoms with van der Waals surface area (Å²) in [6, 6.07) is 6.55. The Morgan fingerprint density at radius 3 is 2.72 bits per heavy atom. The Kier molecular flexibility index (Phi) is 11.6. The first-order chi connectivity index (χ1) is 13.8. The number of hydrogen-bond acceptors (Lipinski definition) is 5. The van der Waals surface area contributed by atoms with Crippen LogP contribution in [0, 0.1) is 5.92 Å². The zero-order valence-corrected chi connectivity index (χ0v) is 19.8. The highest BCUT2D eigenvalue weighted by molar-refractivity contribution is 14.0. The van der Waals surface area contributed by atoms with Crippen molar-refractivity contribution in [3.8, 4) is 0 Å². The Morgan fingerprint density at radius 1 is 1.24 bits per heavy atom. The molecule has 2 N–H and O–H groups in total. The van der Waals surface area contributed by atoms with Crippen molar-refractivity contribution in [3.63, 3.8) is 0 Å². The van der Waals surface area contributed by atoms with Gasteiger partial charge in [0.2, 0.25) is 0 Å². The molecule has 0 bridgehead atoms. The number of halogens is 1. The summed E-state index contributed by atoms with van der Waals surface area (Å²) in [4.78, 5) is 11.2. The molecule has 0 spiro atoms. The number of aromatic nitrogens is 1. The van der Waals surface area contributed by atoms with Gasteiger partial charge in [-0.3, -0.25) is 4.99 Å². The maximum atomic E-state index is 5.83. The van der Waals surface area contributed by atoms with E-state index in [9.17, 15) is 0 Å². The van der Waals surface area contributed by atoms with E-state index in [0.29, 0.717) is 12.0 Å². The van der Waals surface area contributed by atoms with E-state index >= 15 is 0 Å². The lowest BCUT2D eigenvalue weighted by molar-refractivity contribution is 0.0203. The van der Waals surface area contributed by atoms with Crippen molar-refractivity contribution in [3.05, 3.63) is 24.4 Å². The van der Waals surface area contributed by atoms with E-state index < -0.39 is 0 Å². The molecular weight excluding hydrogens is 481 g/mol. The van der Waals surface area contributed by atoms with Crippen molar-refractivity contribution >= 4 is 35.8 Å². The molecule has 0 aliphatic carbocycles.